The van der Waals surface area contributed by atoms with E-state index < -0.39 is 5.41 Å². The van der Waals surface area contributed by atoms with Gasteiger partial charge in [-0.3, -0.25) is 9.59 Å². The first-order valence-electron chi connectivity index (χ1n) is 14.2. The monoisotopic (exact) mass is 505 g/mol. The molecule has 1 aromatic rings. The van der Waals surface area contributed by atoms with Crippen LogP contribution in [0.2, 0.25) is 0 Å². The highest BCUT2D eigenvalue weighted by molar-refractivity contribution is 5.97. The molecule has 0 aromatic carbocycles. The second-order valence-corrected chi connectivity index (χ2v) is 14.8. The molecule has 0 bridgehead atoms. The standard InChI is InChI=1S/C32H43NO4/c1-27(2)23-9-10-32(7)24(30(23,5)16-19-18-33-37-25(19)27)22(34)15-20-21-17-29(4,26(35)36-8)12-11-28(21,3)13-14-31(20,32)6/h15,17-18,23-24H,9-14,16H2,1-8H3/t23?,24?,28-,29+,30+,31-,32-/m1/s1. The van der Waals surface area contributed by atoms with Crippen LogP contribution in [0.5, 0.6) is 0 Å². The number of hydrogen-bond acceptors (Lipinski definition) is 5. The lowest BCUT2D eigenvalue weighted by atomic mass is 9.34. The number of esters is 1. The molecule has 7 atom stereocenters. The minimum absolute atomic E-state index is 0.00630. The number of allylic oxidation sites excluding steroid dienone is 3. The van der Waals surface area contributed by atoms with Crippen molar-refractivity contribution in [2.45, 2.75) is 98.8 Å². The fourth-order valence-corrected chi connectivity index (χ4v) is 10.3. The molecule has 5 aliphatic carbocycles. The molecule has 0 saturated heterocycles. The number of fused-ring (bicyclic) bond motifs is 8. The van der Waals surface area contributed by atoms with Crippen molar-refractivity contribution >= 4 is 11.8 Å². The summed E-state index contributed by atoms with van der Waals surface area (Å²) in [6.07, 6.45) is 12.9. The second kappa shape index (κ2) is 7.27. The molecule has 5 heteroatoms. The summed E-state index contributed by atoms with van der Waals surface area (Å²) < 4.78 is 11.0. The van der Waals surface area contributed by atoms with Crippen molar-refractivity contribution in [1.82, 2.24) is 5.16 Å². The number of ketones is 1. The van der Waals surface area contributed by atoms with Crippen molar-refractivity contribution in [2.24, 2.45) is 38.9 Å². The minimum Gasteiger partial charge on any atom is -0.468 e. The van der Waals surface area contributed by atoms with Crippen LogP contribution in [0.25, 0.3) is 0 Å². The molecule has 0 aliphatic heterocycles. The number of ether oxygens (including phenoxy) is 1. The summed E-state index contributed by atoms with van der Waals surface area (Å²) >= 11 is 0. The molecule has 37 heavy (non-hydrogen) atoms. The molecule has 1 heterocycles. The zero-order chi connectivity index (χ0) is 26.8. The van der Waals surface area contributed by atoms with Gasteiger partial charge in [0.1, 0.15) is 5.76 Å². The molecular weight excluding hydrogens is 462 g/mol. The van der Waals surface area contributed by atoms with Crippen LogP contribution < -0.4 is 0 Å². The van der Waals surface area contributed by atoms with Crippen LogP contribution in [0.4, 0.5) is 0 Å². The van der Waals surface area contributed by atoms with Gasteiger partial charge in [-0.05, 0) is 96.7 Å². The third kappa shape index (κ3) is 2.89. The fraction of sp³-hybridized carbons (Fsp3) is 0.719. The third-order valence-electron chi connectivity index (χ3n) is 12.6. The second-order valence-electron chi connectivity index (χ2n) is 14.8. The number of nitrogens with zero attached hydrogens (tertiary/aromatic N) is 1. The lowest BCUT2D eigenvalue weighted by Crippen LogP contribution is -2.65. The lowest BCUT2D eigenvalue weighted by Gasteiger charge is -2.68. The Morgan fingerprint density at radius 1 is 1.00 bits per heavy atom. The maximum Gasteiger partial charge on any atom is 0.315 e. The average Bonchev–Trinajstić information content (AvgIpc) is 3.29. The summed E-state index contributed by atoms with van der Waals surface area (Å²) in [5.41, 5.74) is 2.32. The van der Waals surface area contributed by atoms with E-state index in [2.05, 4.69) is 52.8 Å². The maximum absolute atomic E-state index is 14.4. The number of rotatable bonds is 1. The van der Waals surface area contributed by atoms with Crippen molar-refractivity contribution in [2.75, 3.05) is 7.11 Å². The van der Waals surface area contributed by atoms with Crippen molar-refractivity contribution in [3.63, 3.8) is 0 Å². The SMILES string of the molecule is COC(=O)[C@]1(C)C=C2C3=CC(=O)C4[C@@]5(C)Cc6cnoc6C(C)(C)C5CC[C@@]4(C)[C@]3(C)CC[C@@]2(C)CC1. The van der Waals surface area contributed by atoms with Gasteiger partial charge in [-0.25, -0.2) is 0 Å². The first-order valence-corrected chi connectivity index (χ1v) is 14.2. The van der Waals surface area contributed by atoms with Crippen LogP contribution in [0, 0.1) is 38.9 Å². The molecule has 2 saturated carbocycles. The largest absolute Gasteiger partial charge is 0.468 e. The highest BCUT2D eigenvalue weighted by Gasteiger charge is 2.69. The van der Waals surface area contributed by atoms with E-state index in [0.29, 0.717) is 5.92 Å². The average molecular weight is 506 g/mol. The Kier molecular flexibility index (Phi) is 4.94. The van der Waals surface area contributed by atoms with E-state index in [-0.39, 0.29) is 44.7 Å². The van der Waals surface area contributed by atoms with Crippen molar-refractivity contribution in [1.29, 1.82) is 0 Å². The molecule has 5 aliphatic rings. The summed E-state index contributed by atoms with van der Waals surface area (Å²) in [5.74, 6) is 1.39. The van der Waals surface area contributed by atoms with Gasteiger partial charge in [0.05, 0.1) is 18.7 Å². The predicted octanol–water partition coefficient (Wildman–Crippen LogP) is 6.76. The Bertz CT molecular complexity index is 1270. The number of hydrogen-bond donors (Lipinski definition) is 0. The van der Waals surface area contributed by atoms with Gasteiger partial charge in [-0.2, -0.15) is 0 Å². The third-order valence-corrected chi connectivity index (χ3v) is 12.6. The van der Waals surface area contributed by atoms with Gasteiger partial charge in [0.25, 0.3) is 0 Å². The van der Waals surface area contributed by atoms with Crippen LogP contribution in [0.1, 0.15) is 98.3 Å². The number of carbonyl (C=O) groups excluding carboxylic acids is 2. The number of methoxy groups -OCH3 is 1. The molecule has 5 nitrogen and oxygen atoms in total. The zero-order valence-corrected chi connectivity index (χ0v) is 23.9. The van der Waals surface area contributed by atoms with Gasteiger partial charge in [0.2, 0.25) is 0 Å². The van der Waals surface area contributed by atoms with Gasteiger partial charge in [-0.15, -0.1) is 0 Å². The summed E-state index contributed by atoms with van der Waals surface area (Å²) in [5, 5.41) is 4.18. The highest BCUT2D eigenvalue weighted by Crippen LogP contribution is 2.74. The van der Waals surface area contributed by atoms with Gasteiger partial charge in [0.15, 0.2) is 5.78 Å². The van der Waals surface area contributed by atoms with E-state index in [9.17, 15) is 9.59 Å². The maximum atomic E-state index is 14.4. The van der Waals surface area contributed by atoms with Gasteiger partial charge in [-0.1, -0.05) is 52.8 Å². The minimum atomic E-state index is -0.648. The number of carbonyl (C=O) groups is 2. The summed E-state index contributed by atoms with van der Waals surface area (Å²) in [6, 6.07) is 0. The predicted molar refractivity (Wildman–Crippen MR) is 142 cm³/mol. The first-order chi connectivity index (χ1) is 17.2. The Morgan fingerprint density at radius 2 is 1.70 bits per heavy atom. The quantitative estimate of drug-likeness (QED) is 0.394. The van der Waals surface area contributed by atoms with Crippen molar-refractivity contribution < 1.29 is 18.8 Å². The van der Waals surface area contributed by atoms with Gasteiger partial charge >= 0.3 is 5.97 Å². The molecule has 0 radical (unpaired) electrons. The van der Waals surface area contributed by atoms with Gasteiger partial charge in [0, 0.05) is 16.9 Å². The van der Waals surface area contributed by atoms with E-state index in [0.717, 1.165) is 50.7 Å². The van der Waals surface area contributed by atoms with Crippen LogP contribution in [0.3, 0.4) is 0 Å². The molecule has 6 rings (SSSR count). The molecule has 2 unspecified atom stereocenters. The van der Waals surface area contributed by atoms with Gasteiger partial charge < -0.3 is 9.26 Å². The Labute approximate surface area is 221 Å². The molecule has 2 fully saturated rings. The molecule has 0 N–H and O–H groups in total. The highest BCUT2D eigenvalue weighted by atomic mass is 16.5. The molecule has 0 amide bonds. The topological polar surface area (TPSA) is 69.4 Å². The molecule has 200 valence electrons. The molecule has 0 spiro atoms. The Hall–Kier alpha value is -2.17. The normalized spacial score (nSPS) is 45.8. The zero-order valence-electron chi connectivity index (χ0n) is 23.9. The van der Waals surface area contributed by atoms with Crippen LogP contribution >= 0.6 is 0 Å². The summed E-state index contributed by atoms with van der Waals surface area (Å²) in [4.78, 5) is 27.3. The van der Waals surface area contributed by atoms with E-state index in [1.807, 2.05) is 19.2 Å². The van der Waals surface area contributed by atoms with Crippen LogP contribution in [0.15, 0.2) is 34.0 Å². The Morgan fingerprint density at radius 3 is 2.41 bits per heavy atom. The van der Waals surface area contributed by atoms with E-state index >= 15 is 0 Å². The van der Waals surface area contributed by atoms with Crippen molar-refractivity contribution in [3.05, 3.63) is 40.8 Å². The van der Waals surface area contributed by atoms with Crippen LogP contribution in [-0.4, -0.2) is 24.0 Å². The smallest absolute Gasteiger partial charge is 0.315 e. The molecule has 1 aromatic heterocycles. The fourth-order valence-electron chi connectivity index (χ4n) is 10.3. The summed E-state index contributed by atoms with van der Waals surface area (Å²) in [6.45, 7) is 16.1. The molecular formula is C32H43NO4. The first kappa shape index (κ1) is 25.1. The van der Waals surface area contributed by atoms with E-state index in [1.54, 1.807) is 0 Å². The van der Waals surface area contributed by atoms with Crippen LogP contribution in [-0.2, 0) is 26.2 Å². The summed E-state index contributed by atoms with van der Waals surface area (Å²) in [7, 11) is 1.48. The Balaban J connectivity index is 1.52. The van der Waals surface area contributed by atoms with Crippen molar-refractivity contribution in [3.8, 4) is 0 Å². The lowest BCUT2D eigenvalue weighted by molar-refractivity contribution is -0.166. The number of aromatic nitrogens is 1. The van der Waals surface area contributed by atoms with E-state index in [1.165, 1.54) is 23.8 Å². The van der Waals surface area contributed by atoms with E-state index in [4.69, 9.17) is 9.26 Å².